The molecule has 2 amide bonds. The van der Waals surface area contributed by atoms with E-state index in [1.807, 2.05) is 11.5 Å². The maximum atomic E-state index is 12.7. The molecule has 1 atom stereocenters. The molecule has 0 aromatic carbocycles. The second kappa shape index (κ2) is 5.07. The zero-order chi connectivity index (χ0) is 15.3. The Morgan fingerprint density at radius 1 is 1.14 bits per heavy atom. The van der Waals surface area contributed by atoms with E-state index in [-0.39, 0.29) is 23.8 Å². The predicted molar refractivity (Wildman–Crippen MR) is 77.7 cm³/mol. The molecule has 4 rings (SSSR count). The molecule has 7 heteroatoms. The number of amides is 2. The molecule has 0 spiro atoms. The van der Waals surface area contributed by atoms with E-state index >= 15 is 0 Å². The number of rotatable bonds is 3. The van der Waals surface area contributed by atoms with Gasteiger partial charge in [-0.25, -0.2) is 0 Å². The van der Waals surface area contributed by atoms with Gasteiger partial charge in [0.25, 0.3) is 5.91 Å². The van der Waals surface area contributed by atoms with Crippen LogP contribution in [0.2, 0.25) is 0 Å². The van der Waals surface area contributed by atoms with Crippen LogP contribution in [0.5, 0.6) is 0 Å². The molecule has 0 bridgehead atoms. The van der Waals surface area contributed by atoms with Crippen LogP contribution in [0.4, 0.5) is 0 Å². The molecule has 1 aromatic rings. The van der Waals surface area contributed by atoms with Gasteiger partial charge in [0, 0.05) is 25.0 Å². The van der Waals surface area contributed by atoms with E-state index in [2.05, 4.69) is 15.5 Å². The molecule has 7 nitrogen and oxygen atoms in total. The smallest absolute Gasteiger partial charge is 0.251 e. The van der Waals surface area contributed by atoms with E-state index in [9.17, 15) is 9.59 Å². The van der Waals surface area contributed by atoms with Crippen LogP contribution in [-0.2, 0) is 16.1 Å². The molecule has 1 N–H and O–H groups in total. The standard InChI is InChI=1S/C15H21N5O2/c1-9-17-18-13-12(14(21)16-11-5-6-11)20(8-7-19(9)13)15(22)10-3-2-4-10/h10-12H,2-8H2,1H3,(H,16,21). The lowest BCUT2D eigenvalue weighted by Gasteiger charge is -2.38. The highest BCUT2D eigenvalue weighted by Crippen LogP contribution is 2.34. The summed E-state index contributed by atoms with van der Waals surface area (Å²) in [5.41, 5.74) is 0. The average molecular weight is 303 g/mol. The quantitative estimate of drug-likeness (QED) is 0.884. The number of aryl methyl sites for hydroxylation is 1. The highest BCUT2D eigenvalue weighted by molar-refractivity contribution is 5.89. The number of aromatic nitrogens is 3. The fourth-order valence-electron chi connectivity index (χ4n) is 3.25. The average Bonchev–Trinajstić information content (AvgIpc) is 3.18. The maximum absolute atomic E-state index is 12.7. The maximum Gasteiger partial charge on any atom is 0.251 e. The summed E-state index contributed by atoms with van der Waals surface area (Å²) in [7, 11) is 0. The molecule has 0 radical (unpaired) electrons. The van der Waals surface area contributed by atoms with Crippen LogP contribution in [0.25, 0.3) is 0 Å². The van der Waals surface area contributed by atoms with Crippen molar-refractivity contribution >= 4 is 11.8 Å². The first-order valence-electron chi connectivity index (χ1n) is 8.15. The van der Waals surface area contributed by atoms with Gasteiger partial charge in [-0.2, -0.15) is 0 Å². The van der Waals surface area contributed by atoms with Gasteiger partial charge in [-0.1, -0.05) is 6.42 Å². The molecule has 0 saturated heterocycles. The van der Waals surface area contributed by atoms with Gasteiger partial charge in [-0.05, 0) is 32.6 Å². The first-order chi connectivity index (χ1) is 10.6. The Bertz CT molecular complexity index is 617. The number of fused-ring (bicyclic) bond motifs is 1. The third-order valence-corrected chi connectivity index (χ3v) is 4.99. The second-order valence-corrected chi connectivity index (χ2v) is 6.60. The molecule has 3 aliphatic rings. The van der Waals surface area contributed by atoms with E-state index in [0.717, 1.165) is 37.9 Å². The molecule has 2 heterocycles. The summed E-state index contributed by atoms with van der Waals surface area (Å²) in [5.74, 6) is 1.49. The molecule has 1 aromatic heterocycles. The van der Waals surface area contributed by atoms with Crippen molar-refractivity contribution in [3.63, 3.8) is 0 Å². The van der Waals surface area contributed by atoms with Crippen molar-refractivity contribution in [3.8, 4) is 0 Å². The highest BCUT2D eigenvalue weighted by Gasteiger charge is 2.43. The number of nitrogens with zero attached hydrogens (tertiary/aromatic N) is 4. The lowest BCUT2D eigenvalue weighted by Crippen LogP contribution is -2.51. The topological polar surface area (TPSA) is 80.1 Å². The van der Waals surface area contributed by atoms with E-state index in [1.165, 1.54) is 0 Å². The van der Waals surface area contributed by atoms with Gasteiger partial charge in [0.1, 0.15) is 5.82 Å². The Morgan fingerprint density at radius 2 is 1.91 bits per heavy atom. The van der Waals surface area contributed by atoms with Gasteiger partial charge in [-0.3, -0.25) is 9.59 Å². The lowest BCUT2D eigenvalue weighted by molar-refractivity contribution is -0.147. The van der Waals surface area contributed by atoms with Crippen molar-refractivity contribution in [2.75, 3.05) is 6.54 Å². The predicted octanol–water partition coefficient (Wildman–Crippen LogP) is 0.549. The molecule has 2 saturated carbocycles. The van der Waals surface area contributed by atoms with Crippen LogP contribution in [0, 0.1) is 12.8 Å². The monoisotopic (exact) mass is 303 g/mol. The molecule has 1 aliphatic heterocycles. The molecular formula is C15H21N5O2. The summed E-state index contributed by atoms with van der Waals surface area (Å²) < 4.78 is 1.96. The van der Waals surface area contributed by atoms with Crippen LogP contribution >= 0.6 is 0 Å². The third kappa shape index (κ3) is 2.19. The molecule has 2 fully saturated rings. The van der Waals surface area contributed by atoms with Crippen molar-refractivity contribution in [2.45, 2.75) is 57.7 Å². The van der Waals surface area contributed by atoms with Gasteiger partial charge in [0.15, 0.2) is 11.9 Å². The molecule has 1 unspecified atom stereocenters. The zero-order valence-electron chi connectivity index (χ0n) is 12.8. The first-order valence-corrected chi connectivity index (χ1v) is 8.15. The second-order valence-electron chi connectivity index (χ2n) is 6.60. The van der Waals surface area contributed by atoms with Gasteiger partial charge in [0.05, 0.1) is 0 Å². The fraction of sp³-hybridized carbons (Fsp3) is 0.733. The summed E-state index contributed by atoms with van der Waals surface area (Å²) in [4.78, 5) is 27.1. The van der Waals surface area contributed by atoms with Crippen molar-refractivity contribution < 1.29 is 9.59 Å². The summed E-state index contributed by atoms with van der Waals surface area (Å²) in [6.45, 7) is 3.11. The highest BCUT2D eigenvalue weighted by atomic mass is 16.2. The number of carbonyl (C=O) groups excluding carboxylic acids is 2. The van der Waals surface area contributed by atoms with Crippen molar-refractivity contribution in [1.29, 1.82) is 0 Å². The van der Waals surface area contributed by atoms with Crippen molar-refractivity contribution in [2.24, 2.45) is 5.92 Å². The Morgan fingerprint density at radius 3 is 2.55 bits per heavy atom. The van der Waals surface area contributed by atoms with Crippen LogP contribution < -0.4 is 5.32 Å². The van der Waals surface area contributed by atoms with E-state index < -0.39 is 6.04 Å². The third-order valence-electron chi connectivity index (χ3n) is 4.99. The van der Waals surface area contributed by atoms with Gasteiger partial charge in [0.2, 0.25) is 5.91 Å². The molecular weight excluding hydrogens is 282 g/mol. The van der Waals surface area contributed by atoms with E-state index in [4.69, 9.17) is 0 Å². The van der Waals surface area contributed by atoms with E-state index in [0.29, 0.717) is 18.9 Å². The minimum Gasteiger partial charge on any atom is -0.351 e. The Balaban J connectivity index is 1.64. The summed E-state index contributed by atoms with van der Waals surface area (Å²) >= 11 is 0. The molecule has 22 heavy (non-hydrogen) atoms. The van der Waals surface area contributed by atoms with Gasteiger partial charge < -0.3 is 14.8 Å². The largest absolute Gasteiger partial charge is 0.351 e. The van der Waals surface area contributed by atoms with Crippen molar-refractivity contribution in [3.05, 3.63) is 11.6 Å². The van der Waals surface area contributed by atoms with Crippen LogP contribution in [0.15, 0.2) is 0 Å². The minimum absolute atomic E-state index is 0.0896. The Hall–Kier alpha value is -1.92. The summed E-state index contributed by atoms with van der Waals surface area (Å²) in [6.07, 6.45) is 5.05. The van der Waals surface area contributed by atoms with Gasteiger partial charge >= 0.3 is 0 Å². The number of carbonyl (C=O) groups is 2. The Kier molecular flexibility index (Phi) is 3.16. The van der Waals surface area contributed by atoms with Crippen LogP contribution in [0.3, 0.4) is 0 Å². The summed E-state index contributed by atoms with van der Waals surface area (Å²) in [6, 6.07) is -0.351. The number of hydrogen-bond donors (Lipinski definition) is 1. The minimum atomic E-state index is -0.622. The van der Waals surface area contributed by atoms with E-state index in [1.54, 1.807) is 4.90 Å². The lowest BCUT2D eigenvalue weighted by atomic mass is 9.84. The first kappa shape index (κ1) is 13.7. The van der Waals surface area contributed by atoms with Crippen molar-refractivity contribution in [1.82, 2.24) is 25.0 Å². The number of nitrogens with one attached hydrogen (secondary N) is 1. The zero-order valence-corrected chi connectivity index (χ0v) is 12.8. The summed E-state index contributed by atoms with van der Waals surface area (Å²) in [5, 5.41) is 11.3. The normalized spacial score (nSPS) is 24.6. The Labute approximate surface area is 129 Å². The number of hydrogen-bond acceptors (Lipinski definition) is 4. The molecule has 2 aliphatic carbocycles. The SMILES string of the molecule is Cc1nnc2n1CCN(C(=O)C1CCC1)C2C(=O)NC1CC1. The fourth-order valence-corrected chi connectivity index (χ4v) is 3.25. The molecule has 118 valence electrons. The van der Waals surface area contributed by atoms with Crippen LogP contribution in [-0.4, -0.2) is 44.1 Å². The van der Waals surface area contributed by atoms with Gasteiger partial charge in [-0.15, -0.1) is 10.2 Å². The van der Waals surface area contributed by atoms with Crippen LogP contribution in [0.1, 0.15) is 49.8 Å².